The lowest BCUT2D eigenvalue weighted by Gasteiger charge is -2.41. The molecule has 1 aliphatic carbocycles. The number of esters is 1. The molecule has 0 aromatic carbocycles. The SMILES string of the molecule is CCOC(=O)C(C)NCC1(SC)CCC1. The van der Waals surface area contributed by atoms with Crippen molar-refractivity contribution in [1.82, 2.24) is 5.32 Å². The summed E-state index contributed by atoms with van der Waals surface area (Å²) >= 11 is 1.91. The standard InChI is InChI=1S/C11H21NO2S/c1-4-14-10(13)9(2)12-8-11(15-3)6-5-7-11/h9,12H,4-8H2,1-3H3. The number of carbonyl (C=O) groups is 1. The second-order valence-electron chi connectivity index (χ2n) is 4.10. The molecule has 0 aromatic heterocycles. The molecule has 1 atom stereocenters. The summed E-state index contributed by atoms with van der Waals surface area (Å²) in [4.78, 5) is 11.4. The highest BCUT2D eigenvalue weighted by atomic mass is 32.2. The number of rotatable bonds is 6. The molecule has 0 amide bonds. The first-order chi connectivity index (χ1) is 7.13. The van der Waals surface area contributed by atoms with Gasteiger partial charge in [0.1, 0.15) is 6.04 Å². The maximum Gasteiger partial charge on any atom is 0.322 e. The van der Waals surface area contributed by atoms with E-state index in [0.717, 1.165) is 6.54 Å². The van der Waals surface area contributed by atoms with Crippen LogP contribution in [0, 0.1) is 0 Å². The van der Waals surface area contributed by atoms with Crippen molar-refractivity contribution in [2.24, 2.45) is 0 Å². The summed E-state index contributed by atoms with van der Waals surface area (Å²) in [5.74, 6) is -0.145. The molecule has 0 spiro atoms. The lowest BCUT2D eigenvalue weighted by molar-refractivity contribution is -0.145. The minimum absolute atomic E-state index is 0.145. The second kappa shape index (κ2) is 5.75. The highest BCUT2D eigenvalue weighted by Gasteiger charge is 2.36. The van der Waals surface area contributed by atoms with E-state index in [1.165, 1.54) is 19.3 Å². The van der Waals surface area contributed by atoms with Crippen molar-refractivity contribution in [3.8, 4) is 0 Å². The lowest BCUT2D eigenvalue weighted by atomic mass is 9.84. The van der Waals surface area contributed by atoms with Crippen molar-refractivity contribution in [2.45, 2.75) is 43.9 Å². The van der Waals surface area contributed by atoms with Crippen LogP contribution in [0.15, 0.2) is 0 Å². The van der Waals surface area contributed by atoms with Gasteiger partial charge in [0.25, 0.3) is 0 Å². The first kappa shape index (κ1) is 12.8. The zero-order chi connectivity index (χ0) is 11.3. The Labute approximate surface area is 96.3 Å². The van der Waals surface area contributed by atoms with E-state index in [1.807, 2.05) is 25.6 Å². The molecule has 1 saturated carbocycles. The summed E-state index contributed by atoms with van der Waals surface area (Å²) in [7, 11) is 0. The van der Waals surface area contributed by atoms with Gasteiger partial charge in [-0.1, -0.05) is 6.42 Å². The fraction of sp³-hybridized carbons (Fsp3) is 0.909. The summed E-state index contributed by atoms with van der Waals surface area (Å²) in [6, 6.07) is -0.186. The number of nitrogens with one attached hydrogen (secondary N) is 1. The Morgan fingerprint density at radius 3 is 2.67 bits per heavy atom. The first-order valence-electron chi connectivity index (χ1n) is 5.59. The fourth-order valence-electron chi connectivity index (χ4n) is 1.71. The van der Waals surface area contributed by atoms with Gasteiger partial charge >= 0.3 is 5.97 Å². The monoisotopic (exact) mass is 231 g/mol. The van der Waals surface area contributed by atoms with Crippen molar-refractivity contribution in [3.63, 3.8) is 0 Å². The molecule has 3 nitrogen and oxygen atoms in total. The van der Waals surface area contributed by atoms with E-state index >= 15 is 0 Å². The van der Waals surface area contributed by atoms with Gasteiger partial charge in [-0.05, 0) is 32.9 Å². The number of ether oxygens (including phenoxy) is 1. The average molecular weight is 231 g/mol. The van der Waals surface area contributed by atoms with E-state index in [9.17, 15) is 4.79 Å². The molecule has 1 unspecified atom stereocenters. The molecule has 0 bridgehead atoms. The molecule has 0 heterocycles. The van der Waals surface area contributed by atoms with E-state index in [-0.39, 0.29) is 12.0 Å². The van der Waals surface area contributed by atoms with E-state index < -0.39 is 0 Å². The summed E-state index contributed by atoms with van der Waals surface area (Å²) in [5.41, 5.74) is 0. The predicted octanol–water partition coefficient (Wildman–Crippen LogP) is 1.81. The maximum atomic E-state index is 11.4. The van der Waals surface area contributed by atoms with Gasteiger partial charge in [0.05, 0.1) is 6.61 Å². The highest BCUT2D eigenvalue weighted by molar-refractivity contribution is 8.00. The van der Waals surface area contributed by atoms with E-state index in [0.29, 0.717) is 11.4 Å². The van der Waals surface area contributed by atoms with Crippen LogP contribution in [0.4, 0.5) is 0 Å². The summed E-state index contributed by atoms with van der Waals surface area (Å²) < 4.78 is 5.32. The van der Waals surface area contributed by atoms with E-state index in [4.69, 9.17) is 4.74 Å². The van der Waals surface area contributed by atoms with Gasteiger partial charge in [-0.3, -0.25) is 4.79 Å². The zero-order valence-corrected chi connectivity index (χ0v) is 10.7. The van der Waals surface area contributed by atoms with Crippen LogP contribution in [-0.2, 0) is 9.53 Å². The second-order valence-corrected chi connectivity index (χ2v) is 5.37. The van der Waals surface area contributed by atoms with Crippen LogP contribution in [0.3, 0.4) is 0 Å². The molecule has 0 aliphatic heterocycles. The molecule has 1 fully saturated rings. The molecule has 1 N–H and O–H groups in total. The minimum atomic E-state index is -0.186. The Kier molecular flexibility index (Phi) is 4.93. The lowest BCUT2D eigenvalue weighted by Crippen LogP contribution is -2.48. The number of hydrogen-bond donors (Lipinski definition) is 1. The maximum absolute atomic E-state index is 11.4. The molecule has 0 aromatic rings. The Balaban J connectivity index is 2.26. The van der Waals surface area contributed by atoms with Gasteiger partial charge in [-0.15, -0.1) is 0 Å². The molecule has 0 radical (unpaired) electrons. The van der Waals surface area contributed by atoms with E-state index in [2.05, 4.69) is 11.6 Å². The summed E-state index contributed by atoms with van der Waals surface area (Å²) in [5, 5.41) is 3.27. The molecular formula is C11H21NO2S. The minimum Gasteiger partial charge on any atom is -0.465 e. The third-order valence-electron chi connectivity index (χ3n) is 3.07. The van der Waals surface area contributed by atoms with Crippen LogP contribution in [0.25, 0.3) is 0 Å². The van der Waals surface area contributed by atoms with Crippen molar-refractivity contribution < 1.29 is 9.53 Å². The van der Waals surface area contributed by atoms with Crippen LogP contribution < -0.4 is 5.32 Å². The fourth-order valence-corrected chi connectivity index (χ4v) is 2.64. The van der Waals surface area contributed by atoms with Crippen molar-refractivity contribution in [2.75, 3.05) is 19.4 Å². The van der Waals surface area contributed by atoms with Gasteiger partial charge in [0, 0.05) is 11.3 Å². The van der Waals surface area contributed by atoms with Crippen molar-refractivity contribution in [3.05, 3.63) is 0 Å². The number of hydrogen-bond acceptors (Lipinski definition) is 4. The van der Waals surface area contributed by atoms with Crippen molar-refractivity contribution >= 4 is 17.7 Å². The third kappa shape index (κ3) is 3.38. The molecule has 88 valence electrons. The third-order valence-corrected chi connectivity index (χ3v) is 4.49. The van der Waals surface area contributed by atoms with Gasteiger partial charge in [-0.2, -0.15) is 11.8 Å². The first-order valence-corrected chi connectivity index (χ1v) is 6.81. The number of carbonyl (C=O) groups excluding carboxylic acids is 1. The predicted molar refractivity (Wildman–Crippen MR) is 64.2 cm³/mol. The normalized spacial score (nSPS) is 20.5. The van der Waals surface area contributed by atoms with Crippen LogP contribution in [0.5, 0.6) is 0 Å². The Bertz CT molecular complexity index is 211. The molecule has 15 heavy (non-hydrogen) atoms. The summed E-state index contributed by atoms with van der Waals surface area (Å²) in [6.07, 6.45) is 5.99. The largest absolute Gasteiger partial charge is 0.465 e. The topological polar surface area (TPSA) is 38.3 Å². The van der Waals surface area contributed by atoms with Gasteiger partial charge < -0.3 is 10.1 Å². The van der Waals surface area contributed by atoms with Gasteiger partial charge in [-0.25, -0.2) is 0 Å². The van der Waals surface area contributed by atoms with E-state index in [1.54, 1.807) is 0 Å². The Hall–Kier alpha value is -0.220. The highest BCUT2D eigenvalue weighted by Crippen LogP contribution is 2.42. The average Bonchev–Trinajstić information content (AvgIpc) is 2.17. The van der Waals surface area contributed by atoms with Gasteiger partial charge in [0.15, 0.2) is 0 Å². The van der Waals surface area contributed by atoms with Crippen LogP contribution in [-0.4, -0.2) is 36.2 Å². The van der Waals surface area contributed by atoms with Crippen LogP contribution >= 0.6 is 11.8 Å². The molecule has 0 saturated heterocycles. The number of thioether (sulfide) groups is 1. The smallest absolute Gasteiger partial charge is 0.322 e. The summed E-state index contributed by atoms with van der Waals surface area (Å²) in [6.45, 7) is 5.07. The molecular weight excluding hydrogens is 210 g/mol. The van der Waals surface area contributed by atoms with Gasteiger partial charge in [0.2, 0.25) is 0 Å². The van der Waals surface area contributed by atoms with Crippen LogP contribution in [0.1, 0.15) is 33.1 Å². The van der Waals surface area contributed by atoms with Crippen molar-refractivity contribution in [1.29, 1.82) is 0 Å². The quantitative estimate of drug-likeness (QED) is 0.708. The van der Waals surface area contributed by atoms with Crippen LogP contribution in [0.2, 0.25) is 0 Å². The zero-order valence-electron chi connectivity index (χ0n) is 9.84. The molecule has 1 aliphatic rings. The molecule has 4 heteroatoms. The molecule has 1 rings (SSSR count). The Morgan fingerprint density at radius 1 is 1.60 bits per heavy atom. The Morgan fingerprint density at radius 2 is 2.27 bits per heavy atom.